The van der Waals surface area contributed by atoms with Crippen LogP contribution in [0, 0.1) is 20.8 Å². The smallest absolute Gasteiger partial charge is 0.232 e. The van der Waals surface area contributed by atoms with E-state index >= 15 is 0 Å². The number of benzene rings is 2. The average Bonchev–Trinajstić information content (AvgIpc) is 3.25. The van der Waals surface area contributed by atoms with Gasteiger partial charge in [0.25, 0.3) is 0 Å². The minimum atomic E-state index is -0.0733. The van der Waals surface area contributed by atoms with E-state index in [1.54, 1.807) is 0 Å². The highest BCUT2D eigenvalue weighted by Crippen LogP contribution is 2.32. The number of aromatic nitrogens is 2. The monoisotopic (exact) mass is 347 g/mol. The van der Waals surface area contributed by atoms with E-state index in [-0.39, 0.29) is 11.8 Å². The molecule has 0 aliphatic carbocycles. The van der Waals surface area contributed by atoms with E-state index in [2.05, 4.69) is 30.1 Å². The topological polar surface area (TPSA) is 59.2 Å². The lowest BCUT2D eigenvalue weighted by Gasteiger charge is -2.17. The number of carbonyl (C=O) groups is 1. The van der Waals surface area contributed by atoms with E-state index in [0.29, 0.717) is 24.7 Å². The number of hydrogen-bond acceptors (Lipinski definition) is 4. The van der Waals surface area contributed by atoms with Gasteiger partial charge in [-0.15, -0.1) is 0 Å². The van der Waals surface area contributed by atoms with Crippen molar-refractivity contribution in [2.24, 2.45) is 0 Å². The summed E-state index contributed by atoms with van der Waals surface area (Å²) in [6.45, 7) is 6.73. The van der Waals surface area contributed by atoms with E-state index in [1.165, 1.54) is 16.7 Å². The van der Waals surface area contributed by atoms with Crippen molar-refractivity contribution in [2.45, 2.75) is 33.1 Å². The largest absolute Gasteiger partial charge is 0.339 e. The normalized spacial score (nSPS) is 17.1. The van der Waals surface area contributed by atoms with Crippen molar-refractivity contribution in [3.05, 3.63) is 65.0 Å². The average molecular weight is 347 g/mol. The van der Waals surface area contributed by atoms with Gasteiger partial charge in [0.1, 0.15) is 0 Å². The van der Waals surface area contributed by atoms with Gasteiger partial charge in [-0.05, 0) is 44.0 Å². The Balaban J connectivity index is 1.55. The highest BCUT2D eigenvalue weighted by atomic mass is 16.5. The molecule has 1 aliphatic heterocycles. The Morgan fingerprint density at radius 2 is 1.81 bits per heavy atom. The summed E-state index contributed by atoms with van der Waals surface area (Å²) in [7, 11) is 0. The molecule has 2 heterocycles. The van der Waals surface area contributed by atoms with Crippen LogP contribution in [0.25, 0.3) is 11.4 Å². The Morgan fingerprint density at radius 1 is 1.04 bits per heavy atom. The molecule has 1 aromatic heterocycles. The molecule has 0 bridgehead atoms. The van der Waals surface area contributed by atoms with Crippen molar-refractivity contribution in [1.82, 2.24) is 10.1 Å². The van der Waals surface area contributed by atoms with Crippen LogP contribution in [0.4, 0.5) is 5.69 Å². The molecule has 1 aliphatic rings. The van der Waals surface area contributed by atoms with E-state index in [0.717, 1.165) is 11.3 Å². The Hall–Kier alpha value is -2.95. The third kappa shape index (κ3) is 3.01. The lowest BCUT2D eigenvalue weighted by Crippen LogP contribution is -2.24. The maximum Gasteiger partial charge on any atom is 0.232 e. The van der Waals surface area contributed by atoms with Gasteiger partial charge >= 0.3 is 0 Å². The summed E-state index contributed by atoms with van der Waals surface area (Å²) in [4.78, 5) is 18.8. The zero-order valence-corrected chi connectivity index (χ0v) is 15.2. The van der Waals surface area contributed by atoms with Gasteiger partial charge in [-0.3, -0.25) is 4.79 Å². The summed E-state index contributed by atoms with van der Waals surface area (Å²) in [5.41, 5.74) is 5.43. The molecule has 1 fully saturated rings. The SMILES string of the molecule is Cc1ccc(-c2noc([C@H]3CC(=O)N(c4ccc(C)c(C)c4)C3)n2)cc1. The predicted octanol–water partition coefficient (Wildman–Crippen LogP) is 4.18. The molecule has 2 aromatic carbocycles. The van der Waals surface area contributed by atoms with Gasteiger partial charge in [0.2, 0.25) is 17.6 Å². The Bertz CT molecular complexity index is 960. The van der Waals surface area contributed by atoms with Crippen LogP contribution in [0.3, 0.4) is 0 Å². The van der Waals surface area contributed by atoms with Gasteiger partial charge in [0, 0.05) is 24.2 Å². The van der Waals surface area contributed by atoms with Gasteiger partial charge in [-0.2, -0.15) is 4.98 Å². The van der Waals surface area contributed by atoms with E-state index in [4.69, 9.17) is 4.52 Å². The summed E-state index contributed by atoms with van der Waals surface area (Å²) < 4.78 is 5.47. The molecule has 0 radical (unpaired) electrons. The van der Waals surface area contributed by atoms with E-state index in [1.807, 2.05) is 48.2 Å². The first-order valence-corrected chi connectivity index (χ1v) is 8.79. The Kier molecular flexibility index (Phi) is 4.07. The molecule has 132 valence electrons. The third-order valence-electron chi connectivity index (χ3n) is 5.03. The molecule has 1 amide bonds. The molecular formula is C21H21N3O2. The first kappa shape index (κ1) is 16.5. The molecule has 0 unspecified atom stereocenters. The second-order valence-corrected chi connectivity index (χ2v) is 7.00. The van der Waals surface area contributed by atoms with Gasteiger partial charge in [0.05, 0.1) is 5.92 Å². The molecular weight excluding hydrogens is 326 g/mol. The Morgan fingerprint density at radius 3 is 2.54 bits per heavy atom. The minimum Gasteiger partial charge on any atom is -0.339 e. The Labute approximate surface area is 152 Å². The number of anilines is 1. The number of hydrogen-bond donors (Lipinski definition) is 0. The van der Waals surface area contributed by atoms with Gasteiger partial charge < -0.3 is 9.42 Å². The number of rotatable bonds is 3. The van der Waals surface area contributed by atoms with Crippen LogP contribution in [0.2, 0.25) is 0 Å². The second kappa shape index (κ2) is 6.41. The molecule has 0 N–H and O–H groups in total. The van der Waals surface area contributed by atoms with Gasteiger partial charge in [-0.1, -0.05) is 41.1 Å². The summed E-state index contributed by atoms with van der Waals surface area (Å²) >= 11 is 0. The van der Waals surface area contributed by atoms with Crippen LogP contribution < -0.4 is 4.90 Å². The lowest BCUT2D eigenvalue weighted by atomic mass is 10.1. The molecule has 0 saturated carbocycles. The fourth-order valence-corrected chi connectivity index (χ4v) is 3.24. The highest BCUT2D eigenvalue weighted by Gasteiger charge is 2.35. The molecule has 0 spiro atoms. The van der Waals surface area contributed by atoms with Crippen LogP contribution in [-0.4, -0.2) is 22.6 Å². The molecule has 5 heteroatoms. The highest BCUT2D eigenvalue weighted by molar-refractivity contribution is 5.96. The maximum atomic E-state index is 12.5. The van der Waals surface area contributed by atoms with Crippen molar-refractivity contribution in [2.75, 3.05) is 11.4 Å². The zero-order chi connectivity index (χ0) is 18.3. The van der Waals surface area contributed by atoms with Gasteiger partial charge in [0.15, 0.2) is 0 Å². The fraction of sp³-hybridized carbons (Fsp3) is 0.286. The van der Waals surface area contributed by atoms with Crippen molar-refractivity contribution in [3.8, 4) is 11.4 Å². The number of aryl methyl sites for hydroxylation is 3. The van der Waals surface area contributed by atoms with Gasteiger partial charge in [-0.25, -0.2) is 0 Å². The first-order valence-electron chi connectivity index (χ1n) is 8.79. The van der Waals surface area contributed by atoms with Crippen LogP contribution in [0.15, 0.2) is 47.0 Å². The lowest BCUT2D eigenvalue weighted by molar-refractivity contribution is -0.117. The zero-order valence-electron chi connectivity index (χ0n) is 15.2. The van der Waals surface area contributed by atoms with Crippen molar-refractivity contribution in [1.29, 1.82) is 0 Å². The van der Waals surface area contributed by atoms with E-state index < -0.39 is 0 Å². The van der Waals surface area contributed by atoms with Crippen molar-refractivity contribution >= 4 is 11.6 Å². The summed E-state index contributed by atoms with van der Waals surface area (Å²) in [6, 6.07) is 14.1. The van der Waals surface area contributed by atoms with Crippen molar-refractivity contribution < 1.29 is 9.32 Å². The number of amides is 1. The quantitative estimate of drug-likeness (QED) is 0.713. The second-order valence-electron chi connectivity index (χ2n) is 7.00. The molecule has 3 aromatic rings. The van der Waals surface area contributed by atoms with E-state index in [9.17, 15) is 4.79 Å². The predicted molar refractivity (Wildman–Crippen MR) is 100 cm³/mol. The fourth-order valence-electron chi connectivity index (χ4n) is 3.24. The third-order valence-corrected chi connectivity index (χ3v) is 5.03. The molecule has 4 rings (SSSR count). The molecule has 26 heavy (non-hydrogen) atoms. The molecule has 1 atom stereocenters. The molecule has 1 saturated heterocycles. The van der Waals surface area contributed by atoms with Crippen LogP contribution in [0.1, 0.15) is 34.9 Å². The first-order chi connectivity index (χ1) is 12.5. The standard InChI is InChI=1S/C21H21N3O2/c1-13-4-7-16(8-5-13)20-22-21(26-23-20)17-11-19(25)24(12-17)18-9-6-14(2)15(3)10-18/h4-10,17H,11-12H2,1-3H3/t17-/m0/s1. The summed E-state index contributed by atoms with van der Waals surface area (Å²) in [5, 5.41) is 4.09. The van der Waals surface area contributed by atoms with Crippen LogP contribution >= 0.6 is 0 Å². The minimum absolute atomic E-state index is 0.0733. The number of carbonyl (C=O) groups excluding carboxylic acids is 1. The van der Waals surface area contributed by atoms with Crippen LogP contribution in [0.5, 0.6) is 0 Å². The number of nitrogens with zero attached hydrogens (tertiary/aromatic N) is 3. The van der Waals surface area contributed by atoms with Crippen LogP contribution in [-0.2, 0) is 4.79 Å². The molecule has 5 nitrogen and oxygen atoms in total. The maximum absolute atomic E-state index is 12.5. The van der Waals surface area contributed by atoms with Crippen molar-refractivity contribution in [3.63, 3.8) is 0 Å². The summed E-state index contributed by atoms with van der Waals surface area (Å²) in [5.74, 6) is 1.11. The summed E-state index contributed by atoms with van der Waals surface area (Å²) in [6.07, 6.45) is 0.391.